The van der Waals surface area contributed by atoms with Gasteiger partial charge in [0, 0.05) is 18.1 Å². The molecule has 0 aliphatic carbocycles. The molecule has 0 bridgehead atoms. The van der Waals surface area contributed by atoms with E-state index in [0.717, 1.165) is 5.56 Å². The first kappa shape index (κ1) is 12.5. The predicted molar refractivity (Wildman–Crippen MR) is 61.0 cm³/mol. The number of hydrogen-bond acceptors (Lipinski definition) is 3. The molecule has 15 heavy (non-hydrogen) atoms. The van der Waals surface area contributed by atoms with Crippen molar-refractivity contribution in [2.45, 2.75) is 6.10 Å². The minimum atomic E-state index is -0.543. The zero-order valence-corrected chi connectivity index (χ0v) is 9.48. The van der Waals surface area contributed by atoms with Crippen molar-refractivity contribution in [1.29, 1.82) is 0 Å². The summed E-state index contributed by atoms with van der Waals surface area (Å²) in [6, 6.07) is 7.12. The Hall–Kier alpha value is -0.610. The highest BCUT2D eigenvalue weighted by atomic mass is 35.5. The second-order valence-electron chi connectivity index (χ2n) is 3.55. The van der Waals surface area contributed by atoms with Crippen LogP contribution in [0.1, 0.15) is 11.7 Å². The van der Waals surface area contributed by atoms with Crippen LogP contribution in [-0.2, 0) is 0 Å². The van der Waals surface area contributed by atoms with Crippen molar-refractivity contribution in [2.75, 3.05) is 26.7 Å². The highest BCUT2D eigenvalue weighted by molar-refractivity contribution is 6.30. The lowest BCUT2D eigenvalue weighted by atomic mass is 10.1. The van der Waals surface area contributed by atoms with E-state index in [9.17, 15) is 5.11 Å². The molecule has 3 nitrogen and oxygen atoms in total. The average molecular weight is 230 g/mol. The highest BCUT2D eigenvalue weighted by Gasteiger charge is 2.09. The van der Waals surface area contributed by atoms with Crippen molar-refractivity contribution in [3.8, 4) is 0 Å². The summed E-state index contributed by atoms with van der Waals surface area (Å²) in [7, 11) is 1.86. The van der Waals surface area contributed by atoms with Crippen molar-refractivity contribution in [3.05, 3.63) is 34.9 Å². The summed E-state index contributed by atoms with van der Waals surface area (Å²) in [5, 5.41) is 19.2. The van der Waals surface area contributed by atoms with Crippen LogP contribution in [0.4, 0.5) is 0 Å². The monoisotopic (exact) mass is 229 g/mol. The van der Waals surface area contributed by atoms with Gasteiger partial charge in [0.2, 0.25) is 0 Å². The number of aliphatic hydroxyl groups is 2. The molecule has 0 amide bonds. The van der Waals surface area contributed by atoms with Crippen LogP contribution in [0.2, 0.25) is 5.02 Å². The predicted octanol–water partition coefficient (Wildman–Crippen LogP) is 1.30. The van der Waals surface area contributed by atoms with Gasteiger partial charge in [-0.2, -0.15) is 0 Å². The molecule has 1 aromatic rings. The SMILES string of the molecule is CN(CCO)CC(O)c1ccc(Cl)cc1. The number of likely N-dealkylation sites (N-methyl/N-ethyl adjacent to an activating group) is 1. The second-order valence-corrected chi connectivity index (χ2v) is 3.99. The first-order valence-corrected chi connectivity index (χ1v) is 5.24. The van der Waals surface area contributed by atoms with Crippen LogP contribution in [0.3, 0.4) is 0 Å². The Kier molecular flexibility index (Phi) is 5.05. The summed E-state index contributed by atoms with van der Waals surface area (Å²) < 4.78 is 0. The molecule has 0 radical (unpaired) electrons. The number of halogens is 1. The summed E-state index contributed by atoms with van der Waals surface area (Å²) in [5.74, 6) is 0. The molecule has 1 aromatic carbocycles. The van der Waals surface area contributed by atoms with Crippen molar-refractivity contribution in [3.63, 3.8) is 0 Å². The Bertz CT molecular complexity index is 289. The van der Waals surface area contributed by atoms with Gasteiger partial charge >= 0.3 is 0 Å². The van der Waals surface area contributed by atoms with Crippen LogP contribution in [0.5, 0.6) is 0 Å². The Morgan fingerprint density at radius 1 is 1.33 bits per heavy atom. The second kappa shape index (κ2) is 6.08. The fourth-order valence-corrected chi connectivity index (χ4v) is 1.47. The minimum Gasteiger partial charge on any atom is -0.395 e. The first-order chi connectivity index (χ1) is 7.13. The topological polar surface area (TPSA) is 43.7 Å². The Labute approximate surface area is 94.9 Å². The van der Waals surface area contributed by atoms with Gasteiger partial charge in [0.15, 0.2) is 0 Å². The lowest BCUT2D eigenvalue weighted by molar-refractivity contribution is 0.115. The molecular weight excluding hydrogens is 214 g/mol. The number of benzene rings is 1. The van der Waals surface area contributed by atoms with Crippen LogP contribution in [0, 0.1) is 0 Å². The molecule has 4 heteroatoms. The maximum atomic E-state index is 9.84. The fraction of sp³-hybridized carbons (Fsp3) is 0.455. The van der Waals surface area contributed by atoms with Gasteiger partial charge in [-0.25, -0.2) is 0 Å². The number of hydrogen-bond donors (Lipinski definition) is 2. The minimum absolute atomic E-state index is 0.101. The van der Waals surface area contributed by atoms with Crippen LogP contribution in [0.15, 0.2) is 24.3 Å². The van der Waals surface area contributed by atoms with E-state index in [1.165, 1.54) is 0 Å². The maximum Gasteiger partial charge on any atom is 0.0916 e. The molecule has 2 N–H and O–H groups in total. The van der Waals surface area contributed by atoms with Gasteiger partial charge in [0.05, 0.1) is 12.7 Å². The Balaban J connectivity index is 2.53. The molecule has 0 aliphatic heterocycles. The zero-order valence-electron chi connectivity index (χ0n) is 8.73. The molecule has 0 aromatic heterocycles. The summed E-state index contributed by atoms with van der Waals surface area (Å²) in [6.45, 7) is 1.16. The van der Waals surface area contributed by atoms with Crippen molar-refractivity contribution in [2.24, 2.45) is 0 Å². The largest absolute Gasteiger partial charge is 0.395 e. The van der Waals surface area contributed by atoms with Crippen molar-refractivity contribution < 1.29 is 10.2 Å². The number of aliphatic hydroxyl groups excluding tert-OH is 2. The smallest absolute Gasteiger partial charge is 0.0916 e. The quantitative estimate of drug-likeness (QED) is 0.800. The van der Waals surface area contributed by atoms with Gasteiger partial charge < -0.3 is 15.1 Å². The van der Waals surface area contributed by atoms with E-state index in [-0.39, 0.29) is 6.61 Å². The van der Waals surface area contributed by atoms with E-state index < -0.39 is 6.10 Å². The summed E-state index contributed by atoms with van der Waals surface area (Å²) >= 11 is 5.75. The van der Waals surface area contributed by atoms with E-state index in [0.29, 0.717) is 18.1 Å². The van der Waals surface area contributed by atoms with Crippen LogP contribution >= 0.6 is 11.6 Å². The van der Waals surface area contributed by atoms with Gasteiger partial charge in [0.1, 0.15) is 0 Å². The summed E-state index contributed by atoms with van der Waals surface area (Å²) in [5.41, 5.74) is 0.837. The van der Waals surface area contributed by atoms with Gasteiger partial charge in [-0.05, 0) is 24.7 Å². The van der Waals surface area contributed by atoms with Crippen molar-refractivity contribution in [1.82, 2.24) is 4.90 Å². The molecule has 0 aliphatic rings. The van der Waals surface area contributed by atoms with Gasteiger partial charge in [-0.15, -0.1) is 0 Å². The molecule has 1 atom stereocenters. The normalized spacial score (nSPS) is 13.1. The lowest BCUT2D eigenvalue weighted by Gasteiger charge is -2.19. The molecule has 0 fully saturated rings. The van der Waals surface area contributed by atoms with Gasteiger partial charge in [-0.1, -0.05) is 23.7 Å². The average Bonchev–Trinajstić information content (AvgIpc) is 2.18. The lowest BCUT2D eigenvalue weighted by Crippen LogP contribution is -2.27. The third-order valence-corrected chi connectivity index (χ3v) is 2.47. The standard InChI is InChI=1S/C11H16ClNO2/c1-13(6-7-14)8-11(15)9-2-4-10(12)5-3-9/h2-5,11,14-15H,6-8H2,1H3. The number of nitrogens with zero attached hydrogens (tertiary/aromatic N) is 1. The van der Waals surface area contributed by atoms with Crippen molar-refractivity contribution >= 4 is 11.6 Å². The molecule has 0 saturated carbocycles. The zero-order chi connectivity index (χ0) is 11.3. The fourth-order valence-electron chi connectivity index (χ4n) is 1.35. The third-order valence-electron chi connectivity index (χ3n) is 2.22. The van der Waals surface area contributed by atoms with Gasteiger partial charge in [-0.3, -0.25) is 0 Å². The first-order valence-electron chi connectivity index (χ1n) is 4.86. The van der Waals surface area contributed by atoms with E-state index in [1.54, 1.807) is 24.3 Å². The van der Waals surface area contributed by atoms with E-state index in [1.807, 2.05) is 11.9 Å². The van der Waals surface area contributed by atoms with E-state index >= 15 is 0 Å². The Morgan fingerprint density at radius 3 is 2.47 bits per heavy atom. The highest BCUT2D eigenvalue weighted by Crippen LogP contribution is 2.16. The molecule has 0 saturated heterocycles. The van der Waals surface area contributed by atoms with E-state index in [2.05, 4.69) is 0 Å². The molecule has 0 heterocycles. The van der Waals surface area contributed by atoms with Crippen LogP contribution in [0.25, 0.3) is 0 Å². The van der Waals surface area contributed by atoms with Gasteiger partial charge in [0.25, 0.3) is 0 Å². The third kappa shape index (κ3) is 4.18. The molecule has 1 unspecified atom stereocenters. The summed E-state index contributed by atoms with van der Waals surface area (Å²) in [4.78, 5) is 1.87. The summed E-state index contributed by atoms with van der Waals surface area (Å²) in [6.07, 6.45) is -0.543. The molecular formula is C11H16ClNO2. The van der Waals surface area contributed by atoms with E-state index in [4.69, 9.17) is 16.7 Å². The Morgan fingerprint density at radius 2 is 1.93 bits per heavy atom. The molecule has 0 spiro atoms. The maximum absolute atomic E-state index is 9.84. The van der Waals surface area contributed by atoms with Crippen LogP contribution in [-0.4, -0.2) is 41.9 Å². The molecule has 84 valence electrons. The number of rotatable bonds is 5. The van der Waals surface area contributed by atoms with Crippen LogP contribution < -0.4 is 0 Å². The molecule has 1 rings (SSSR count).